The van der Waals surface area contributed by atoms with Crippen LogP contribution in [0.3, 0.4) is 0 Å². The molecule has 0 saturated heterocycles. The highest BCUT2D eigenvalue weighted by molar-refractivity contribution is 7.99. The lowest BCUT2D eigenvalue weighted by molar-refractivity contribution is 0.870. The summed E-state index contributed by atoms with van der Waals surface area (Å²) in [6, 6.07) is 0. The fourth-order valence-electron chi connectivity index (χ4n) is 1.46. The second kappa shape index (κ2) is 6.69. The predicted molar refractivity (Wildman–Crippen MR) is 74.3 cm³/mol. The van der Waals surface area contributed by atoms with E-state index in [9.17, 15) is 4.79 Å². The molecule has 0 aliphatic carbocycles. The van der Waals surface area contributed by atoms with E-state index in [-0.39, 0.29) is 5.56 Å². The fourth-order valence-corrected chi connectivity index (χ4v) is 2.28. The topological polar surface area (TPSA) is 71.8 Å². The van der Waals surface area contributed by atoms with Crippen LogP contribution in [-0.2, 0) is 12.2 Å². The van der Waals surface area contributed by atoms with Gasteiger partial charge < -0.3 is 10.7 Å². The van der Waals surface area contributed by atoms with Gasteiger partial charge in [-0.05, 0) is 12.8 Å². The predicted octanol–water partition coefficient (Wildman–Crippen LogP) is 2.34. The Balaban J connectivity index is 2.80. The molecule has 0 amide bonds. The van der Waals surface area contributed by atoms with Crippen molar-refractivity contribution in [2.45, 2.75) is 51.0 Å². The van der Waals surface area contributed by atoms with Gasteiger partial charge in [-0.1, -0.05) is 27.2 Å². The maximum atomic E-state index is 11.8. The zero-order valence-corrected chi connectivity index (χ0v) is 11.6. The highest BCUT2D eigenvalue weighted by Gasteiger charge is 2.09. The third-order valence-corrected chi connectivity index (χ3v) is 4.02. The van der Waals surface area contributed by atoms with Gasteiger partial charge in [-0.15, -0.1) is 0 Å². The molecule has 1 aromatic rings. The van der Waals surface area contributed by atoms with Crippen LogP contribution in [0.1, 0.15) is 45.0 Å². The maximum absolute atomic E-state index is 11.8. The molecule has 0 aromatic carbocycles. The minimum absolute atomic E-state index is 0.0842. The molecule has 3 N–H and O–H groups in total. The molecule has 0 radical (unpaired) electrons. The molecule has 5 heteroatoms. The number of anilines is 1. The van der Waals surface area contributed by atoms with Crippen LogP contribution in [-0.4, -0.2) is 15.2 Å². The van der Waals surface area contributed by atoms with Gasteiger partial charge in [-0.25, -0.2) is 4.98 Å². The van der Waals surface area contributed by atoms with Gasteiger partial charge in [0.15, 0.2) is 0 Å². The summed E-state index contributed by atoms with van der Waals surface area (Å²) in [5.74, 6) is 1.77. The first-order valence-electron chi connectivity index (χ1n) is 6.07. The van der Waals surface area contributed by atoms with Gasteiger partial charge in [-0.2, -0.15) is 11.8 Å². The number of thioether (sulfide) groups is 1. The van der Waals surface area contributed by atoms with E-state index in [1.807, 2.05) is 6.92 Å². The van der Waals surface area contributed by atoms with Crippen LogP contribution in [0.15, 0.2) is 4.79 Å². The molecule has 0 aliphatic rings. The van der Waals surface area contributed by atoms with Crippen molar-refractivity contribution in [2.24, 2.45) is 0 Å². The van der Waals surface area contributed by atoms with Gasteiger partial charge in [-0.3, -0.25) is 4.79 Å². The number of nitrogens with one attached hydrogen (secondary N) is 1. The van der Waals surface area contributed by atoms with Crippen LogP contribution >= 0.6 is 11.8 Å². The molecule has 17 heavy (non-hydrogen) atoms. The number of nitrogen functional groups attached to an aromatic ring is 1. The van der Waals surface area contributed by atoms with E-state index in [2.05, 4.69) is 23.8 Å². The van der Waals surface area contributed by atoms with Gasteiger partial charge >= 0.3 is 0 Å². The van der Waals surface area contributed by atoms with Gasteiger partial charge in [0.1, 0.15) is 11.6 Å². The Labute approximate surface area is 106 Å². The fraction of sp³-hybridized carbons (Fsp3) is 0.667. The summed E-state index contributed by atoms with van der Waals surface area (Å²) in [6.07, 6.45) is 2.70. The Morgan fingerprint density at radius 2 is 2.18 bits per heavy atom. The average molecular weight is 255 g/mol. The highest BCUT2D eigenvalue weighted by atomic mass is 32.2. The SMILES string of the molecule is CCCc1c(N)nc(CSC(C)CC)[nH]c1=O. The number of aromatic amines is 1. The van der Waals surface area contributed by atoms with Crippen LogP contribution < -0.4 is 11.3 Å². The molecule has 1 rings (SSSR count). The molecule has 1 unspecified atom stereocenters. The van der Waals surface area contributed by atoms with Crippen LogP contribution in [0, 0.1) is 0 Å². The number of H-pyrrole nitrogens is 1. The van der Waals surface area contributed by atoms with E-state index < -0.39 is 0 Å². The lowest BCUT2D eigenvalue weighted by Gasteiger charge is -2.09. The smallest absolute Gasteiger partial charge is 0.256 e. The summed E-state index contributed by atoms with van der Waals surface area (Å²) in [6.45, 7) is 6.33. The van der Waals surface area contributed by atoms with E-state index >= 15 is 0 Å². The summed E-state index contributed by atoms with van der Waals surface area (Å²) < 4.78 is 0. The molecule has 0 aliphatic heterocycles. The van der Waals surface area contributed by atoms with E-state index in [1.165, 1.54) is 0 Å². The van der Waals surface area contributed by atoms with E-state index in [4.69, 9.17) is 5.73 Å². The molecule has 4 nitrogen and oxygen atoms in total. The van der Waals surface area contributed by atoms with Crippen LogP contribution in [0.2, 0.25) is 0 Å². The summed E-state index contributed by atoms with van der Waals surface area (Å²) in [5.41, 5.74) is 6.34. The summed E-state index contributed by atoms with van der Waals surface area (Å²) in [5, 5.41) is 0.567. The van der Waals surface area contributed by atoms with Gasteiger partial charge in [0.05, 0.1) is 11.3 Å². The van der Waals surface area contributed by atoms with Crippen molar-refractivity contribution in [3.63, 3.8) is 0 Å². The molecular weight excluding hydrogens is 234 g/mol. The van der Waals surface area contributed by atoms with Crippen LogP contribution in [0.5, 0.6) is 0 Å². The molecule has 1 heterocycles. The van der Waals surface area contributed by atoms with Gasteiger partial charge in [0.25, 0.3) is 5.56 Å². The third kappa shape index (κ3) is 4.07. The van der Waals surface area contributed by atoms with Crippen molar-refractivity contribution >= 4 is 17.6 Å². The molecule has 0 bridgehead atoms. The van der Waals surface area contributed by atoms with Crippen molar-refractivity contribution in [1.82, 2.24) is 9.97 Å². The van der Waals surface area contributed by atoms with E-state index in [1.54, 1.807) is 11.8 Å². The standard InChI is InChI=1S/C12H21N3OS/c1-4-6-9-11(13)14-10(15-12(9)16)7-17-8(3)5-2/h8H,4-7H2,1-3H3,(H3,13,14,15,16). The first-order valence-corrected chi connectivity index (χ1v) is 7.12. The lowest BCUT2D eigenvalue weighted by atomic mass is 10.2. The largest absolute Gasteiger partial charge is 0.383 e. The molecule has 96 valence electrons. The molecule has 0 saturated carbocycles. The Bertz CT molecular complexity index is 417. The highest BCUT2D eigenvalue weighted by Crippen LogP contribution is 2.18. The molecular formula is C12H21N3OS. The molecule has 1 aromatic heterocycles. The van der Waals surface area contributed by atoms with Crippen molar-refractivity contribution < 1.29 is 0 Å². The Kier molecular flexibility index (Phi) is 5.55. The zero-order valence-electron chi connectivity index (χ0n) is 10.7. The van der Waals surface area contributed by atoms with Crippen molar-refractivity contribution in [2.75, 3.05) is 5.73 Å². The normalized spacial score (nSPS) is 12.6. The van der Waals surface area contributed by atoms with E-state index in [0.717, 1.165) is 12.8 Å². The van der Waals surface area contributed by atoms with Crippen LogP contribution in [0.4, 0.5) is 5.82 Å². The maximum Gasteiger partial charge on any atom is 0.256 e. The molecule has 1 atom stereocenters. The van der Waals surface area contributed by atoms with Crippen molar-refractivity contribution in [1.29, 1.82) is 0 Å². The lowest BCUT2D eigenvalue weighted by Crippen LogP contribution is -2.19. The number of nitrogens with zero attached hydrogens (tertiary/aromatic N) is 1. The van der Waals surface area contributed by atoms with Crippen molar-refractivity contribution in [3.8, 4) is 0 Å². The zero-order chi connectivity index (χ0) is 12.8. The number of rotatable bonds is 6. The number of hydrogen-bond acceptors (Lipinski definition) is 4. The number of hydrogen-bond donors (Lipinski definition) is 2. The first-order chi connectivity index (χ1) is 8.08. The van der Waals surface area contributed by atoms with Crippen molar-refractivity contribution in [3.05, 3.63) is 21.7 Å². The second-order valence-electron chi connectivity index (χ2n) is 4.16. The number of aromatic nitrogens is 2. The quantitative estimate of drug-likeness (QED) is 0.818. The first kappa shape index (κ1) is 14.1. The summed E-state index contributed by atoms with van der Waals surface area (Å²) in [4.78, 5) is 18.9. The van der Waals surface area contributed by atoms with Gasteiger partial charge in [0, 0.05) is 5.25 Å². The minimum Gasteiger partial charge on any atom is -0.383 e. The monoisotopic (exact) mass is 255 g/mol. The van der Waals surface area contributed by atoms with Gasteiger partial charge in [0.2, 0.25) is 0 Å². The second-order valence-corrected chi connectivity index (χ2v) is 5.58. The Hall–Kier alpha value is -0.970. The minimum atomic E-state index is -0.0842. The average Bonchev–Trinajstić information content (AvgIpc) is 2.30. The Morgan fingerprint density at radius 3 is 2.71 bits per heavy atom. The Morgan fingerprint density at radius 1 is 1.47 bits per heavy atom. The summed E-state index contributed by atoms with van der Waals surface area (Å²) >= 11 is 1.78. The molecule has 0 fully saturated rings. The van der Waals surface area contributed by atoms with Crippen LogP contribution in [0.25, 0.3) is 0 Å². The third-order valence-electron chi connectivity index (χ3n) is 2.68. The number of nitrogens with two attached hydrogens (primary N) is 1. The van der Waals surface area contributed by atoms with E-state index in [0.29, 0.717) is 34.6 Å². The summed E-state index contributed by atoms with van der Waals surface area (Å²) in [7, 11) is 0. The molecule has 0 spiro atoms.